The van der Waals surface area contributed by atoms with Crippen LogP contribution in [0.25, 0.3) is 11.1 Å². The molecule has 1 N–H and O–H groups in total. The van der Waals surface area contributed by atoms with Crippen molar-refractivity contribution in [3.05, 3.63) is 30.0 Å². The Kier molecular flexibility index (Phi) is 4.39. The van der Waals surface area contributed by atoms with Gasteiger partial charge in [-0.2, -0.15) is 5.10 Å². The van der Waals surface area contributed by atoms with E-state index < -0.39 is 29.6 Å². The number of halogens is 2. The number of aryl methyl sites for hydroxylation is 1. The average molecular weight is 351 g/mol. The largest absolute Gasteiger partial charge is 0.497 e. The highest BCUT2D eigenvalue weighted by Crippen LogP contribution is 2.34. The first kappa shape index (κ1) is 16.9. The van der Waals surface area contributed by atoms with E-state index in [4.69, 9.17) is 9.47 Å². The van der Waals surface area contributed by atoms with Crippen LogP contribution in [-0.4, -0.2) is 34.9 Å². The summed E-state index contributed by atoms with van der Waals surface area (Å²) >= 11 is 0. The highest BCUT2D eigenvalue weighted by molar-refractivity contribution is 5.98. The van der Waals surface area contributed by atoms with Crippen LogP contribution in [0.1, 0.15) is 12.8 Å². The summed E-state index contributed by atoms with van der Waals surface area (Å²) in [7, 11) is 2.81. The second-order valence-corrected chi connectivity index (χ2v) is 5.50. The van der Waals surface area contributed by atoms with Crippen LogP contribution in [0.3, 0.4) is 0 Å². The summed E-state index contributed by atoms with van der Waals surface area (Å²) in [4.78, 5) is 23.4. The van der Waals surface area contributed by atoms with E-state index in [1.54, 1.807) is 0 Å². The number of amides is 1. The van der Waals surface area contributed by atoms with Gasteiger partial charge in [0.25, 0.3) is 5.91 Å². The highest BCUT2D eigenvalue weighted by atomic mass is 19.1. The number of nitrogens with one attached hydrogen (secondary N) is 1. The predicted octanol–water partition coefficient (Wildman–Crippen LogP) is 2.02. The third-order valence-corrected chi connectivity index (χ3v) is 3.88. The minimum Gasteiger partial charge on any atom is -0.497 e. The molecular formula is C16H15F2N3O4. The van der Waals surface area contributed by atoms with E-state index in [-0.39, 0.29) is 35.5 Å². The molecule has 1 aromatic carbocycles. The van der Waals surface area contributed by atoms with Gasteiger partial charge >= 0.3 is 5.97 Å². The molecule has 132 valence electrons. The minimum atomic E-state index is -0.930. The summed E-state index contributed by atoms with van der Waals surface area (Å²) in [5.41, 5.74) is -0.273. The van der Waals surface area contributed by atoms with Gasteiger partial charge in [0.05, 0.1) is 24.4 Å². The van der Waals surface area contributed by atoms with Crippen molar-refractivity contribution in [2.45, 2.75) is 18.9 Å². The SMILES string of the molecule is COc1cc(F)c(-c2cnn(C)c2NC(=O)[C@@H]2CCC(=O)O2)c(F)c1. The quantitative estimate of drug-likeness (QED) is 0.852. The van der Waals surface area contributed by atoms with E-state index in [0.29, 0.717) is 0 Å². The Labute approximate surface area is 141 Å². The van der Waals surface area contributed by atoms with Gasteiger partial charge in [-0.05, 0) is 0 Å². The first-order chi connectivity index (χ1) is 11.9. The van der Waals surface area contributed by atoms with Crippen LogP contribution < -0.4 is 10.1 Å². The van der Waals surface area contributed by atoms with E-state index in [9.17, 15) is 18.4 Å². The lowest BCUT2D eigenvalue weighted by molar-refractivity contribution is -0.146. The zero-order valence-electron chi connectivity index (χ0n) is 13.5. The van der Waals surface area contributed by atoms with Gasteiger partial charge in [0.15, 0.2) is 6.10 Å². The Hall–Kier alpha value is -2.97. The smallest absolute Gasteiger partial charge is 0.306 e. The summed E-state index contributed by atoms with van der Waals surface area (Å²) in [6.07, 6.45) is 0.714. The van der Waals surface area contributed by atoms with Crippen molar-refractivity contribution in [3.8, 4) is 16.9 Å². The summed E-state index contributed by atoms with van der Waals surface area (Å²) in [5.74, 6) is -2.62. The molecule has 1 aromatic heterocycles. The number of methoxy groups -OCH3 is 1. The van der Waals surface area contributed by atoms with Crippen LogP contribution in [-0.2, 0) is 21.4 Å². The number of carbonyl (C=O) groups is 2. The van der Waals surface area contributed by atoms with Crippen LogP contribution in [0, 0.1) is 11.6 Å². The standard InChI is InChI=1S/C16H15F2N3O4/c1-21-15(20-16(23)12-3-4-13(22)25-12)9(7-19-21)14-10(17)5-8(24-2)6-11(14)18/h5-7,12H,3-4H2,1-2H3,(H,20,23)/t12-/m0/s1. The van der Waals surface area contributed by atoms with Gasteiger partial charge in [0, 0.05) is 32.0 Å². The zero-order chi connectivity index (χ0) is 18.1. The normalized spacial score (nSPS) is 16.6. The second kappa shape index (κ2) is 6.50. The van der Waals surface area contributed by atoms with Crippen molar-refractivity contribution in [3.63, 3.8) is 0 Å². The Balaban J connectivity index is 1.95. The van der Waals surface area contributed by atoms with Crippen LogP contribution >= 0.6 is 0 Å². The van der Waals surface area contributed by atoms with Gasteiger partial charge < -0.3 is 14.8 Å². The second-order valence-electron chi connectivity index (χ2n) is 5.50. The lowest BCUT2D eigenvalue weighted by Crippen LogP contribution is -2.28. The summed E-state index contributed by atoms with van der Waals surface area (Å²) in [6.45, 7) is 0. The number of anilines is 1. The highest BCUT2D eigenvalue weighted by Gasteiger charge is 2.31. The number of cyclic esters (lactones) is 1. The van der Waals surface area contributed by atoms with Gasteiger partial charge in [0.2, 0.25) is 0 Å². The molecule has 1 amide bonds. The first-order valence-electron chi connectivity index (χ1n) is 7.46. The molecule has 7 nitrogen and oxygen atoms in total. The molecule has 1 aliphatic rings. The van der Waals surface area contributed by atoms with E-state index >= 15 is 0 Å². The fraction of sp³-hybridized carbons (Fsp3) is 0.312. The Morgan fingerprint density at radius 1 is 1.40 bits per heavy atom. The maximum absolute atomic E-state index is 14.3. The van der Waals surface area contributed by atoms with Crippen molar-refractivity contribution >= 4 is 17.7 Å². The lowest BCUT2D eigenvalue weighted by atomic mass is 10.1. The van der Waals surface area contributed by atoms with Gasteiger partial charge in [0.1, 0.15) is 23.2 Å². The molecule has 2 heterocycles. The fourth-order valence-corrected chi connectivity index (χ4v) is 2.60. The molecule has 3 rings (SSSR count). The number of rotatable bonds is 4. The molecule has 1 atom stereocenters. The number of esters is 1. The number of aromatic nitrogens is 2. The molecule has 9 heteroatoms. The van der Waals surface area contributed by atoms with Crippen molar-refractivity contribution in [2.75, 3.05) is 12.4 Å². The fourth-order valence-electron chi connectivity index (χ4n) is 2.60. The molecule has 0 bridgehead atoms. The van der Waals surface area contributed by atoms with Crippen LogP contribution in [0.5, 0.6) is 5.75 Å². The van der Waals surface area contributed by atoms with Crippen molar-refractivity contribution in [1.82, 2.24) is 9.78 Å². The Bertz CT molecular complexity index is 827. The maximum Gasteiger partial charge on any atom is 0.306 e. The molecule has 25 heavy (non-hydrogen) atoms. The Morgan fingerprint density at radius 2 is 2.08 bits per heavy atom. The average Bonchev–Trinajstić information content (AvgIpc) is 3.14. The monoisotopic (exact) mass is 351 g/mol. The van der Waals surface area contributed by atoms with Gasteiger partial charge in [-0.15, -0.1) is 0 Å². The van der Waals surface area contributed by atoms with Crippen molar-refractivity contribution in [2.24, 2.45) is 7.05 Å². The zero-order valence-corrected chi connectivity index (χ0v) is 13.5. The summed E-state index contributed by atoms with van der Waals surface area (Å²) in [5, 5.41) is 6.46. The predicted molar refractivity (Wildman–Crippen MR) is 82.9 cm³/mol. The van der Waals surface area contributed by atoms with Gasteiger partial charge in [-0.3, -0.25) is 14.3 Å². The lowest BCUT2D eigenvalue weighted by Gasteiger charge is -2.13. The summed E-state index contributed by atoms with van der Waals surface area (Å²) in [6, 6.07) is 2.07. The van der Waals surface area contributed by atoms with E-state index in [1.807, 2.05) is 0 Å². The van der Waals surface area contributed by atoms with Gasteiger partial charge in [-0.1, -0.05) is 0 Å². The minimum absolute atomic E-state index is 0.0334. The first-order valence-corrected chi connectivity index (χ1v) is 7.46. The van der Waals surface area contributed by atoms with Crippen molar-refractivity contribution in [1.29, 1.82) is 0 Å². The Morgan fingerprint density at radius 3 is 2.64 bits per heavy atom. The third kappa shape index (κ3) is 3.17. The number of nitrogens with zero attached hydrogens (tertiary/aromatic N) is 2. The number of benzene rings is 1. The topological polar surface area (TPSA) is 82.5 Å². The van der Waals surface area contributed by atoms with E-state index in [0.717, 1.165) is 12.1 Å². The molecule has 0 radical (unpaired) electrons. The molecular weight excluding hydrogens is 336 g/mol. The maximum atomic E-state index is 14.3. The molecule has 1 saturated heterocycles. The molecule has 0 aliphatic carbocycles. The van der Waals surface area contributed by atoms with Crippen LogP contribution in [0.4, 0.5) is 14.6 Å². The molecule has 2 aromatic rings. The van der Waals surface area contributed by atoms with Crippen molar-refractivity contribution < 1.29 is 27.8 Å². The molecule has 1 fully saturated rings. The number of hydrogen-bond acceptors (Lipinski definition) is 5. The number of ether oxygens (including phenoxy) is 2. The molecule has 0 spiro atoms. The van der Waals surface area contributed by atoms with Crippen LogP contribution in [0.2, 0.25) is 0 Å². The van der Waals surface area contributed by atoms with Gasteiger partial charge in [-0.25, -0.2) is 8.78 Å². The molecule has 1 aliphatic heterocycles. The number of carbonyl (C=O) groups excluding carboxylic acids is 2. The molecule has 0 saturated carbocycles. The number of hydrogen-bond donors (Lipinski definition) is 1. The third-order valence-electron chi connectivity index (χ3n) is 3.88. The summed E-state index contributed by atoms with van der Waals surface area (Å²) < 4.78 is 39.6. The van der Waals surface area contributed by atoms with E-state index in [2.05, 4.69) is 10.4 Å². The van der Waals surface area contributed by atoms with E-state index in [1.165, 1.54) is 25.0 Å². The van der Waals surface area contributed by atoms with Crippen LogP contribution in [0.15, 0.2) is 18.3 Å². The molecule has 0 unspecified atom stereocenters.